The highest BCUT2D eigenvalue weighted by molar-refractivity contribution is 7.90. The molecule has 0 aliphatic heterocycles. The largest absolute Gasteiger partial charge is 0.363 e. The Kier molecular flexibility index (Phi) is 4.49. The van der Waals surface area contributed by atoms with E-state index in [0.717, 1.165) is 43.2 Å². The topological polar surface area (TPSA) is 95.7 Å². The van der Waals surface area contributed by atoms with Crippen molar-refractivity contribution in [3.63, 3.8) is 0 Å². The van der Waals surface area contributed by atoms with Gasteiger partial charge in [0.05, 0.1) is 22.7 Å². The van der Waals surface area contributed by atoms with Gasteiger partial charge >= 0.3 is 0 Å². The maximum absolute atomic E-state index is 11.8. The molecule has 6 nitrogen and oxygen atoms in total. The summed E-state index contributed by atoms with van der Waals surface area (Å²) in [5.74, 6) is 0.489. The molecule has 7 heteroatoms. The third-order valence-electron chi connectivity index (χ3n) is 4.09. The summed E-state index contributed by atoms with van der Waals surface area (Å²) in [6.45, 7) is 0.198. The predicted molar refractivity (Wildman–Crippen MR) is 90.3 cm³/mol. The number of fused-ring (bicyclic) bond motifs is 1. The normalized spacial score (nSPS) is 13.8. The number of nitrogens with one attached hydrogen (secondary N) is 1. The summed E-state index contributed by atoms with van der Waals surface area (Å²) >= 11 is 0. The van der Waals surface area contributed by atoms with Crippen molar-refractivity contribution in [2.24, 2.45) is 0 Å². The van der Waals surface area contributed by atoms with Crippen LogP contribution in [0.4, 0.5) is 5.82 Å². The van der Waals surface area contributed by atoms with E-state index in [-0.39, 0.29) is 11.4 Å². The summed E-state index contributed by atoms with van der Waals surface area (Å²) in [5, 5.41) is 12.4. The second-order valence-electron chi connectivity index (χ2n) is 5.88. The van der Waals surface area contributed by atoms with Crippen LogP contribution in [-0.2, 0) is 29.2 Å². The summed E-state index contributed by atoms with van der Waals surface area (Å²) in [7, 11) is -3.36. The average molecular weight is 342 g/mol. The molecule has 1 N–H and O–H groups in total. The van der Waals surface area contributed by atoms with E-state index < -0.39 is 9.84 Å². The van der Waals surface area contributed by atoms with Gasteiger partial charge in [-0.2, -0.15) is 5.26 Å². The van der Waals surface area contributed by atoms with Gasteiger partial charge in [0.1, 0.15) is 11.9 Å². The highest BCUT2D eigenvalue weighted by atomic mass is 32.2. The van der Waals surface area contributed by atoms with E-state index in [1.807, 2.05) is 6.07 Å². The summed E-state index contributed by atoms with van der Waals surface area (Å²) in [4.78, 5) is 8.92. The Morgan fingerprint density at radius 2 is 2.12 bits per heavy atom. The molecule has 2 aromatic rings. The molecular formula is C17H18N4O2S. The van der Waals surface area contributed by atoms with Gasteiger partial charge < -0.3 is 5.32 Å². The van der Waals surface area contributed by atoms with E-state index in [2.05, 4.69) is 21.4 Å². The maximum Gasteiger partial charge on any atom is 0.177 e. The molecule has 0 bridgehead atoms. The van der Waals surface area contributed by atoms with E-state index >= 15 is 0 Å². The minimum atomic E-state index is -3.36. The summed E-state index contributed by atoms with van der Waals surface area (Å²) < 4.78 is 23.7. The van der Waals surface area contributed by atoms with Crippen LogP contribution in [-0.4, -0.2) is 24.6 Å². The molecule has 0 unspecified atom stereocenters. The zero-order valence-corrected chi connectivity index (χ0v) is 14.2. The van der Waals surface area contributed by atoms with E-state index in [0.29, 0.717) is 17.1 Å². The molecule has 0 atom stereocenters. The Morgan fingerprint density at radius 1 is 1.33 bits per heavy atom. The number of pyridine rings is 2. The monoisotopic (exact) mass is 342 g/mol. The van der Waals surface area contributed by atoms with Crippen LogP contribution in [0.25, 0.3) is 0 Å². The molecule has 1 aliphatic carbocycles. The number of hydrogen-bond acceptors (Lipinski definition) is 6. The molecule has 0 amide bonds. The van der Waals surface area contributed by atoms with Gasteiger partial charge in [0.15, 0.2) is 9.84 Å². The van der Waals surface area contributed by atoms with Gasteiger partial charge in [-0.05, 0) is 49.4 Å². The van der Waals surface area contributed by atoms with Crippen LogP contribution in [0.15, 0.2) is 29.3 Å². The maximum atomic E-state index is 11.8. The van der Waals surface area contributed by atoms with Gasteiger partial charge in [-0.1, -0.05) is 0 Å². The van der Waals surface area contributed by atoms with Crippen LogP contribution >= 0.6 is 0 Å². The molecule has 0 aromatic carbocycles. The SMILES string of the molecule is CS(=O)(=O)c1cccnc1CNc1nc2c(cc1C#N)CCCC2. The lowest BCUT2D eigenvalue weighted by Gasteiger charge is -2.17. The Labute approximate surface area is 141 Å². The number of aromatic nitrogens is 2. The molecule has 0 saturated carbocycles. The standard InChI is InChI=1S/C17H18N4O2S/c1-24(22,23)16-7-4-8-19-15(16)11-20-17-13(10-18)9-12-5-2-3-6-14(12)21-17/h4,7-9H,2-3,5-6,11H2,1H3,(H,20,21). The van der Waals surface area contributed by atoms with Crippen molar-refractivity contribution in [2.75, 3.05) is 11.6 Å². The lowest BCUT2D eigenvalue weighted by molar-refractivity contribution is 0.600. The first-order valence-electron chi connectivity index (χ1n) is 7.80. The van der Waals surface area contributed by atoms with E-state index in [9.17, 15) is 13.7 Å². The van der Waals surface area contributed by atoms with Gasteiger partial charge in [-0.15, -0.1) is 0 Å². The minimum Gasteiger partial charge on any atom is -0.363 e. The highest BCUT2D eigenvalue weighted by Gasteiger charge is 2.17. The molecule has 2 aromatic heterocycles. The summed E-state index contributed by atoms with van der Waals surface area (Å²) in [6.07, 6.45) is 6.80. The minimum absolute atomic E-state index is 0.189. The molecule has 24 heavy (non-hydrogen) atoms. The number of hydrogen-bond donors (Lipinski definition) is 1. The second kappa shape index (κ2) is 6.57. The molecule has 3 rings (SSSR count). The Morgan fingerprint density at radius 3 is 2.88 bits per heavy atom. The van der Waals surface area contributed by atoms with Crippen LogP contribution in [0, 0.1) is 11.3 Å². The van der Waals surface area contributed by atoms with Gasteiger partial charge in [0.2, 0.25) is 0 Å². The number of nitrogens with zero attached hydrogens (tertiary/aromatic N) is 3. The number of sulfone groups is 1. The zero-order chi connectivity index (χ0) is 17.2. The smallest absolute Gasteiger partial charge is 0.177 e. The molecule has 1 aliphatic rings. The lowest BCUT2D eigenvalue weighted by Crippen LogP contribution is -2.13. The third kappa shape index (κ3) is 3.39. The second-order valence-corrected chi connectivity index (χ2v) is 7.87. The number of aryl methyl sites for hydroxylation is 2. The zero-order valence-electron chi connectivity index (χ0n) is 13.4. The Hall–Kier alpha value is -2.46. The van der Waals surface area contributed by atoms with E-state index in [1.54, 1.807) is 12.3 Å². The molecule has 124 valence electrons. The average Bonchev–Trinajstić information content (AvgIpc) is 2.58. The molecule has 2 heterocycles. The molecule has 0 saturated heterocycles. The van der Waals surface area contributed by atoms with Crippen molar-refractivity contribution >= 4 is 15.7 Å². The van der Waals surface area contributed by atoms with Crippen LogP contribution in [0.2, 0.25) is 0 Å². The fourth-order valence-corrected chi connectivity index (χ4v) is 3.79. The van der Waals surface area contributed by atoms with Crippen molar-refractivity contribution < 1.29 is 8.42 Å². The van der Waals surface area contributed by atoms with Crippen molar-refractivity contribution in [3.8, 4) is 6.07 Å². The number of anilines is 1. The molecule has 0 radical (unpaired) electrons. The Bertz CT molecular complexity index is 917. The Balaban J connectivity index is 1.89. The van der Waals surface area contributed by atoms with Gasteiger partial charge in [0, 0.05) is 18.1 Å². The van der Waals surface area contributed by atoms with Crippen LogP contribution in [0.5, 0.6) is 0 Å². The van der Waals surface area contributed by atoms with Crippen LogP contribution in [0.3, 0.4) is 0 Å². The number of rotatable bonds is 4. The van der Waals surface area contributed by atoms with Gasteiger partial charge in [-0.25, -0.2) is 13.4 Å². The molecular weight excluding hydrogens is 324 g/mol. The van der Waals surface area contributed by atoms with E-state index in [1.165, 1.54) is 6.07 Å². The van der Waals surface area contributed by atoms with Crippen LogP contribution < -0.4 is 5.32 Å². The molecule has 0 spiro atoms. The molecule has 0 fully saturated rings. The van der Waals surface area contributed by atoms with E-state index in [4.69, 9.17) is 0 Å². The van der Waals surface area contributed by atoms with Gasteiger partial charge in [-0.3, -0.25) is 4.98 Å². The first-order valence-corrected chi connectivity index (χ1v) is 9.69. The lowest BCUT2D eigenvalue weighted by atomic mass is 9.95. The first-order chi connectivity index (χ1) is 11.5. The summed E-state index contributed by atoms with van der Waals surface area (Å²) in [6, 6.07) is 7.18. The third-order valence-corrected chi connectivity index (χ3v) is 5.26. The quantitative estimate of drug-likeness (QED) is 0.915. The summed E-state index contributed by atoms with van der Waals surface area (Å²) in [5.41, 5.74) is 3.06. The predicted octanol–water partition coefficient (Wildman–Crippen LogP) is 2.24. The number of nitriles is 1. The fraction of sp³-hybridized carbons (Fsp3) is 0.353. The van der Waals surface area contributed by atoms with Gasteiger partial charge in [0.25, 0.3) is 0 Å². The van der Waals surface area contributed by atoms with Crippen molar-refractivity contribution in [1.82, 2.24) is 9.97 Å². The fourth-order valence-electron chi connectivity index (χ4n) is 2.91. The van der Waals surface area contributed by atoms with Crippen molar-refractivity contribution in [1.29, 1.82) is 5.26 Å². The first kappa shape index (κ1) is 16.4. The van der Waals surface area contributed by atoms with Crippen molar-refractivity contribution in [3.05, 3.63) is 46.9 Å². The highest BCUT2D eigenvalue weighted by Crippen LogP contribution is 2.25. The van der Waals surface area contributed by atoms with Crippen molar-refractivity contribution in [2.45, 2.75) is 37.1 Å². The van der Waals surface area contributed by atoms with Crippen LogP contribution in [0.1, 0.15) is 35.4 Å².